The van der Waals surface area contributed by atoms with Crippen molar-refractivity contribution in [1.29, 1.82) is 0 Å². The van der Waals surface area contributed by atoms with E-state index in [4.69, 9.17) is 0 Å². The number of Topliss-reactive ketones (excluding diaryl/α,β-unsaturated/α-hetero) is 1. The lowest BCUT2D eigenvalue weighted by atomic mass is 10.2. The average molecular weight is 383 g/mol. The molecule has 2 aromatic heterocycles. The molecule has 0 saturated heterocycles. The molecule has 1 aliphatic carbocycles. The Morgan fingerprint density at radius 2 is 2.00 bits per heavy atom. The minimum Gasteiger partial charge on any atom is -0.344 e. The second kappa shape index (κ2) is 7.51. The number of ketones is 1. The summed E-state index contributed by atoms with van der Waals surface area (Å²) in [6.45, 7) is 0.0433. The molecule has 6 heteroatoms. The van der Waals surface area contributed by atoms with Crippen molar-refractivity contribution in [3.8, 4) is 11.3 Å². The van der Waals surface area contributed by atoms with Gasteiger partial charge >= 0.3 is 0 Å². The number of hydrogen-bond donors (Lipinski definition) is 1. The Labute approximate surface area is 159 Å². The minimum absolute atomic E-state index is 0.0311. The van der Waals surface area contributed by atoms with Crippen LogP contribution in [-0.4, -0.2) is 23.2 Å². The molecule has 1 N–H and O–H groups in total. The van der Waals surface area contributed by atoms with Crippen LogP contribution in [0.3, 0.4) is 0 Å². The van der Waals surface area contributed by atoms with E-state index in [0.717, 1.165) is 29.1 Å². The van der Waals surface area contributed by atoms with Crippen LogP contribution in [0.1, 0.15) is 31.5 Å². The van der Waals surface area contributed by atoms with Crippen LogP contribution in [0.5, 0.6) is 0 Å². The van der Waals surface area contributed by atoms with Crippen molar-refractivity contribution in [2.75, 3.05) is 6.54 Å². The van der Waals surface area contributed by atoms with Crippen molar-refractivity contribution in [2.24, 2.45) is 0 Å². The topological polar surface area (TPSA) is 59.1 Å². The summed E-state index contributed by atoms with van der Waals surface area (Å²) in [5, 5.41) is 5.48. The van der Waals surface area contributed by atoms with Crippen LogP contribution in [0.25, 0.3) is 11.3 Å². The highest BCUT2D eigenvalue weighted by Gasteiger charge is 2.19. The molecule has 0 unspecified atom stereocenters. The van der Waals surface area contributed by atoms with Crippen molar-refractivity contribution < 1.29 is 9.59 Å². The molecule has 0 aliphatic heterocycles. The molecule has 0 bridgehead atoms. The number of hydrogen-bond acceptors (Lipinski definition) is 5. The van der Waals surface area contributed by atoms with Gasteiger partial charge in [-0.15, -0.1) is 22.7 Å². The number of amides is 1. The normalized spacial score (nSPS) is 12.8. The zero-order valence-corrected chi connectivity index (χ0v) is 15.8. The molecule has 3 aromatic rings. The third-order valence-electron chi connectivity index (χ3n) is 4.39. The molecular formula is C20H18N2O2S2. The summed E-state index contributed by atoms with van der Waals surface area (Å²) in [5.74, 6) is -0.182. The van der Waals surface area contributed by atoms with E-state index in [0.29, 0.717) is 4.88 Å². The van der Waals surface area contributed by atoms with Gasteiger partial charge < -0.3 is 5.32 Å². The largest absolute Gasteiger partial charge is 0.344 e. The summed E-state index contributed by atoms with van der Waals surface area (Å²) >= 11 is 3.03. The van der Waals surface area contributed by atoms with Gasteiger partial charge in [-0.25, -0.2) is 4.98 Å². The van der Waals surface area contributed by atoms with Gasteiger partial charge in [-0.2, -0.15) is 0 Å². The number of thiazole rings is 1. The lowest BCUT2D eigenvalue weighted by Gasteiger charge is -2.02. The van der Waals surface area contributed by atoms with Crippen molar-refractivity contribution in [3.63, 3.8) is 0 Å². The lowest BCUT2D eigenvalue weighted by Crippen LogP contribution is -2.29. The second-order valence-electron chi connectivity index (χ2n) is 6.30. The Kier molecular flexibility index (Phi) is 4.95. The molecule has 0 spiro atoms. The molecule has 1 amide bonds. The number of aromatic nitrogens is 1. The summed E-state index contributed by atoms with van der Waals surface area (Å²) < 4.78 is 0. The summed E-state index contributed by atoms with van der Waals surface area (Å²) in [5.41, 5.74) is 3.22. The third-order valence-corrected chi connectivity index (χ3v) is 6.47. The highest BCUT2D eigenvalue weighted by Crippen LogP contribution is 2.30. The summed E-state index contributed by atoms with van der Waals surface area (Å²) in [7, 11) is 0. The summed E-state index contributed by atoms with van der Waals surface area (Å²) in [6.07, 6.45) is 3.56. The van der Waals surface area contributed by atoms with Crippen molar-refractivity contribution >= 4 is 34.4 Å². The van der Waals surface area contributed by atoms with E-state index >= 15 is 0 Å². The predicted molar refractivity (Wildman–Crippen MR) is 105 cm³/mol. The molecule has 2 heterocycles. The maximum Gasteiger partial charge on any atom is 0.261 e. The molecule has 0 saturated carbocycles. The molecule has 1 aliphatic rings. The Morgan fingerprint density at radius 1 is 1.15 bits per heavy atom. The first-order valence-electron chi connectivity index (χ1n) is 8.60. The minimum atomic E-state index is -0.151. The number of carbonyl (C=O) groups excluding carboxylic acids is 2. The first-order chi connectivity index (χ1) is 12.7. The van der Waals surface area contributed by atoms with Gasteiger partial charge in [-0.05, 0) is 30.9 Å². The maximum atomic E-state index is 12.2. The van der Waals surface area contributed by atoms with Crippen LogP contribution in [0, 0.1) is 0 Å². The summed E-state index contributed by atoms with van der Waals surface area (Å²) in [4.78, 5) is 31.0. The fourth-order valence-corrected chi connectivity index (χ4v) is 5.07. The highest BCUT2D eigenvalue weighted by molar-refractivity contribution is 7.14. The first-order valence-corrected chi connectivity index (χ1v) is 10.3. The quantitative estimate of drug-likeness (QED) is 0.703. The Bertz CT molecular complexity index is 922. The molecule has 0 atom stereocenters. The Morgan fingerprint density at radius 3 is 2.81 bits per heavy atom. The molecular weight excluding hydrogens is 364 g/mol. The molecule has 132 valence electrons. The number of benzene rings is 1. The predicted octanol–water partition coefficient (Wildman–Crippen LogP) is 3.90. The summed E-state index contributed by atoms with van der Waals surface area (Å²) in [6, 6.07) is 11.9. The Hall–Kier alpha value is -2.31. The monoisotopic (exact) mass is 382 g/mol. The van der Waals surface area contributed by atoms with Gasteiger partial charge in [0.15, 0.2) is 5.78 Å². The number of nitrogens with one attached hydrogen (secondary N) is 1. The van der Waals surface area contributed by atoms with E-state index in [9.17, 15) is 9.59 Å². The molecule has 0 fully saturated rings. The van der Waals surface area contributed by atoms with E-state index in [1.807, 2.05) is 41.8 Å². The molecule has 4 rings (SSSR count). The third kappa shape index (κ3) is 3.76. The Balaban J connectivity index is 1.31. The SMILES string of the molecule is O=C(CNC(=O)c1cc2c(s1)CCC2)Cc1nc(-c2ccccc2)cs1. The van der Waals surface area contributed by atoms with E-state index in [1.165, 1.54) is 28.2 Å². The number of thiophene rings is 1. The number of aryl methyl sites for hydroxylation is 2. The number of fused-ring (bicyclic) bond motifs is 1. The van der Waals surface area contributed by atoms with Gasteiger partial charge in [-0.1, -0.05) is 30.3 Å². The molecule has 26 heavy (non-hydrogen) atoms. The zero-order chi connectivity index (χ0) is 17.9. The van der Waals surface area contributed by atoms with Gasteiger partial charge in [0.25, 0.3) is 5.91 Å². The van der Waals surface area contributed by atoms with Gasteiger partial charge in [0.1, 0.15) is 5.01 Å². The number of rotatable bonds is 6. The van der Waals surface area contributed by atoms with E-state index in [1.54, 1.807) is 11.3 Å². The standard InChI is InChI=1S/C20H18N2O2S2/c23-15(10-19-22-16(12-25-19)13-5-2-1-3-6-13)11-21-20(24)18-9-14-7-4-8-17(14)26-18/h1-3,5-6,9,12H,4,7-8,10-11H2,(H,21,24). The van der Waals surface area contributed by atoms with Crippen LogP contribution in [0.2, 0.25) is 0 Å². The van der Waals surface area contributed by atoms with Gasteiger partial charge in [0, 0.05) is 15.8 Å². The van der Waals surface area contributed by atoms with Crippen LogP contribution in [-0.2, 0) is 24.1 Å². The van der Waals surface area contributed by atoms with Gasteiger partial charge in [0.2, 0.25) is 0 Å². The van der Waals surface area contributed by atoms with Crippen molar-refractivity contribution in [1.82, 2.24) is 10.3 Å². The number of nitrogens with zero attached hydrogens (tertiary/aromatic N) is 1. The lowest BCUT2D eigenvalue weighted by molar-refractivity contribution is -0.117. The fraction of sp³-hybridized carbons (Fsp3) is 0.250. The van der Waals surface area contributed by atoms with E-state index in [2.05, 4.69) is 10.3 Å². The molecule has 0 radical (unpaired) electrons. The van der Waals surface area contributed by atoms with Crippen LogP contribution in [0.4, 0.5) is 0 Å². The zero-order valence-electron chi connectivity index (χ0n) is 14.2. The second-order valence-corrected chi connectivity index (χ2v) is 8.38. The first kappa shape index (κ1) is 17.1. The molecule has 1 aromatic carbocycles. The molecule has 4 nitrogen and oxygen atoms in total. The van der Waals surface area contributed by atoms with E-state index < -0.39 is 0 Å². The smallest absolute Gasteiger partial charge is 0.261 e. The van der Waals surface area contributed by atoms with Crippen LogP contribution in [0.15, 0.2) is 41.8 Å². The fourth-order valence-electron chi connectivity index (χ4n) is 3.07. The number of carbonyl (C=O) groups is 2. The van der Waals surface area contributed by atoms with Gasteiger partial charge in [-0.3, -0.25) is 9.59 Å². The maximum absolute atomic E-state index is 12.2. The van der Waals surface area contributed by atoms with Crippen LogP contribution < -0.4 is 5.32 Å². The van der Waals surface area contributed by atoms with E-state index in [-0.39, 0.29) is 24.7 Å². The van der Waals surface area contributed by atoms with Crippen LogP contribution >= 0.6 is 22.7 Å². The average Bonchev–Trinajstić information content (AvgIpc) is 3.36. The van der Waals surface area contributed by atoms with Crippen molar-refractivity contribution in [2.45, 2.75) is 25.7 Å². The van der Waals surface area contributed by atoms with Crippen molar-refractivity contribution in [3.05, 3.63) is 62.1 Å². The van der Waals surface area contributed by atoms with Gasteiger partial charge in [0.05, 0.1) is 23.5 Å². The highest BCUT2D eigenvalue weighted by atomic mass is 32.1.